The van der Waals surface area contributed by atoms with Gasteiger partial charge in [0.25, 0.3) is 0 Å². The lowest BCUT2D eigenvalue weighted by Crippen LogP contribution is -2.51. The fraction of sp³-hybridized carbons (Fsp3) is 0.478. The van der Waals surface area contributed by atoms with Crippen molar-refractivity contribution in [3.05, 3.63) is 59.2 Å². The van der Waals surface area contributed by atoms with Crippen molar-refractivity contribution in [2.45, 2.75) is 43.5 Å². The van der Waals surface area contributed by atoms with Gasteiger partial charge in [0, 0.05) is 38.0 Å². The van der Waals surface area contributed by atoms with E-state index in [1.54, 1.807) is 0 Å². The third-order valence-corrected chi connectivity index (χ3v) is 6.47. The molecule has 0 aromatic heterocycles. The normalized spacial score (nSPS) is 24.1. The van der Waals surface area contributed by atoms with Crippen LogP contribution in [0.25, 0.3) is 0 Å². The summed E-state index contributed by atoms with van der Waals surface area (Å²) >= 11 is 0. The number of benzene rings is 2. The first-order valence-electron chi connectivity index (χ1n) is 10.2. The van der Waals surface area contributed by atoms with Crippen LogP contribution in [-0.2, 0) is 6.42 Å². The minimum absolute atomic E-state index is 0.292. The van der Waals surface area contributed by atoms with Crippen LogP contribution in [0.3, 0.4) is 0 Å². The maximum atomic E-state index is 10.7. The molecule has 1 saturated heterocycles. The molecule has 0 saturated carbocycles. The Morgan fingerprint density at radius 1 is 1.11 bits per heavy atom. The van der Waals surface area contributed by atoms with Crippen LogP contribution >= 0.6 is 0 Å². The van der Waals surface area contributed by atoms with Crippen LogP contribution in [0.1, 0.15) is 48.2 Å². The number of hydrogen-bond donors (Lipinski definition) is 2. The number of piperidine rings is 1. The highest BCUT2D eigenvalue weighted by atomic mass is 16.5. The summed E-state index contributed by atoms with van der Waals surface area (Å²) in [5.41, 5.74) is 2.76. The Morgan fingerprint density at radius 3 is 2.79 bits per heavy atom. The van der Waals surface area contributed by atoms with Crippen molar-refractivity contribution in [2.75, 3.05) is 26.2 Å². The van der Waals surface area contributed by atoms with Crippen LogP contribution in [0.4, 0.5) is 0 Å². The number of aliphatic hydroxyl groups excluding tert-OH is 2. The fourth-order valence-electron chi connectivity index (χ4n) is 4.80. The number of para-hydroxylation sites is 1. The molecule has 2 atom stereocenters. The number of hydrogen-bond acceptors (Lipinski definition) is 5. The molecule has 0 amide bonds. The zero-order valence-electron chi connectivity index (χ0n) is 16.0. The standard InChI is InChI=1S/C23H27NO4/c25-19-14-23(28-22-4-2-1-3-18(19)22)8-10-24(11-9-23)15-20(26)16-5-6-21-17(13-16)7-12-27-21/h1-6,13,19-20,25-26H,7-12,14-15H2/t19-,20-/m0/s1. The predicted octanol–water partition coefficient (Wildman–Crippen LogP) is 3.01. The smallest absolute Gasteiger partial charge is 0.125 e. The summed E-state index contributed by atoms with van der Waals surface area (Å²) in [6, 6.07) is 13.8. The molecule has 28 heavy (non-hydrogen) atoms. The van der Waals surface area contributed by atoms with Gasteiger partial charge in [-0.3, -0.25) is 0 Å². The van der Waals surface area contributed by atoms with Gasteiger partial charge in [-0.2, -0.15) is 0 Å². The van der Waals surface area contributed by atoms with Gasteiger partial charge in [0.1, 0.15) is 17.1 Å². The molecule has 2 aromatic carbocycles. The van der Waals surface area contributed by atoms with Crippen LogP contribution in [-0.4, -0.2) is 47.0 Å². The Kier molecular flexibility index (Phi) is 4.54. The van der Waals surface area contributed by atoms with Crippen LogP contribution in [0.5, 0.6) is 11.5 Å². The molecule has 1 fully saturated rings. The van der Waals surface area contributed by atoms with E-state index in [2.05, 4.69) is 11.0 Å². The molecular formula is C23H27NO4. The quantitative estimate of drug-likeness (QED) is 0.856. The second-order valence-electron chi connectivity index (χ2n) is 8.32. The van der Waals surface area contributed by atoms with Crippen molar-refractivity contribution < 1.29 is 19.7 Å². The van der Waals surface area contributed by atoms with Crippen molar-refractivity contribution in [1.82, 2.24) is 4.90 Å². The summed E-state index contributed by atoms with van der Waals surface area (Å²) in [5, 5.41) is 21.3. The number of fused-ring (bicyclic) bond motifs is 2. The van der Waals surface area contributed by atoms with Crippen molar-refractivity contribution in [1.29, 1.82) is 0 Å². The summed E-state index contributed by atoms with van der Waals surface area (Å²) in [6.45, 7) is 3.08. The Morgan fingerprint density at radius 2 is 1.93 bits per heavy atom. The molecule has 1 spiro atoms. The molecule has 0 bridgehead atoms. The maximum absolute atomic E-state index is 10.7. The molecule has 5 rings (SSSR count). The topological polar surface area (TPSA) is 62.2 Å². The average Bonchev–Trinajstić information content (AvgIpc) is 3.18. The molecule has 5 heteroatoms. The lowest BCUT2D eigenvalue weighted by molar-refractivity contribution is -0.0587. The first kappa shape index (κ1) is 18.0. The number of likely N-dealkylation sites (tertiary alicyclic amines) is 1. The van der Waals surface area contributed by atoms with Gasteiger partial charge >= 0.3 is 0 Å². The maximum Gasteiger partial charge on any atom is 0.125 e. The van der Waals surface area contributed by atoms with Gasteiger partial charge in [-0.25, -0.2) is 0 Å². The summed E-state index contributed by atoms with van der Waals surface area (Å²) in [4.78, 5) is 2.30. The molecule has 0 radical (unpaired) electrons. The third-order valence-electron chi connectivity index (χ3n) is 6.47. The van der Waals surface area contributed by atoms with Gasteiger partial charge in [-0.15, -0.1) is 0 Å². The average molecular weight is 381 g/mol. The summed E-state index contributed by atoms with van der Waals surface area (Å²) in [5.74, 6) is 1.76. The van der Waals surface area contributed by atoms with E-state index in [1.165, 1.54) is 5.56 Å². The Hall–Kier alpha value is -2.08. The Bertz CT molecular complexity index is 859. The van der Waals surface area contributed by atoms with Gasteiger partial charge in [0.2, 0.25) is 0 Å². The van der Waals surface area contributed by atoms with Gasteiger partial charge in [0.15, 0.2) is 0 Å². The van der Waals surface area contributed by atoms with Crippen LogP contribution in [0, 0.1) is 0 Å². The summed E-state index contributed by atoms with van der Waals surface area (Å²) < 4.78 is 11.9. The van der Waals surface area contributed by atoms with Crippen LogP contribution in [0.2, 0.25) is 0 Å². The second-order valence-corrected chi connectivity index (χ2v) is 8.32. The highest BCUT2D eigenvalue weighted by molar-refractivity contribution is 5.40. The molecule has 3 aliphatic rings. The minimum atomic E-state index is -0.501. The fourth-order valence-corrected chi connectivity index (χ4v) is 4.80. The van der Waals surface area contributed by atoms with Gasteiger partial charge < -0.3 is 24.6 Å². The van der Waals surface area contributed by atoms with Gasteiger partial charge in [-0.1, -0.05) is 24.3 Å². The minimum Gasteiger partial charge on any atom is -0.493 e. The molecule has 2 N–H and O–H groups in total. The van der Waals surface area contributed by atoms with E-state index in [4.69, 9.17) is 9.47 Å². The van der Waals surface area contributed by atoms with E-state index < -0.39 is 12.2 Å². The first-order chi connectivity index (χ1) is 13.6. The Balaban J connectivity index is 1.22. The lowest BCUT2D eigenvalue weighted by Gasteiger charge is -2.46. The summed E-state index contributed by atoms with van der Waals surface area (Å²) in [6.07, 6.45) is 2.33. The van der Waals surface area contributed by atoms with Crippen LogP contribution < -0.4 is 9.47 Å². The molecule has 2 aromatic rings. The highest BCUT2D eigenvalue weighted by Gasteiger charge is 2.42. The number of nitrogens with zero attached hydrogens (tertiary/aromatic N) is 1. The first-order valence-corrected chi connectivity index (χ1v) is 10.2. The monoisotopic (exact) mass is 381 g/mol. The molecule has 0 unspecified atom stereocenters. The largest absolute Gasteiger partial charge is 0.493 e. The zero-order chi connectivity index (χ0) is 19.1. The third kappa shape index (κ3) is 3.28. The number of ether oxygens (including phenoxy) is 2. The second kappa shape index (κ2) is 7.07. The molecule has 3 aliphatic heterocycles. The van der Waals surface area contributed by atoms with Crippen molar-refractivity contribution >= 4 is 0 Å². The van der Waals surface area contributed by atoms with Crippen molar-refractivity contribution in [3.8, 4) is 11.5 Å². The van der Waals surface area contributed by atoms with E-state index in [-0.39, 0.29) is 5.60 Å². The molecule has 3 heterocycles. The highest BCUT2D eigenvalue weighted by Crippen LogP contribution is 2.44. The van der Waals surface area contributed by atoms with E-state index in [9.17, 15) is 10.2 Å². The van der Waals surface area contributed by atoms with Crippen LogP contribution in [0.15, 0.2) is 42.5 Å². The van der Waals surface area contributed by atoms with E-state index in [1.807, 2.05) is 36.4 Å². The van der Waals surface area contributed by atoms with Crippen molar-refractivity contribution in [3.63, 3.8) is 0 Å². The van der Waals surface area contributed by atoms with E-state index in [0.717, 1.165) is 61.6 Å². The molecular weight excluding hydrogens is 354 g/mol. The molecule has 0 aliphatic carbocycles. The molecule has 148 valence electrons. The van der Waals surface area contributed by atoms with E-state index >= 15 is 0 Å². The SMILES string of the molecule is O[C@@H](CN1CCC2(CC1)C[C@H](O)c1ccccc1O2)c1ccc2c(c1)CCO2. The zero-order valence-corrected chi connectivity index (χ0v) is 16.0. The lowest BCUT2D eigenvalue weighted by atomic mass is 9.81. The van der Waals surface area contributed by atoms with Gasteiger partial charge in [-0.05, 0) is 42.2 Å². The van der Waals surface area contributed by atoms with Crippen molar-refractivity contribution in [2.24, 2.45) is 0 Å². The predicted molar refractivity (Wildman–Crippen MR) is 106 cm³/mol. The number of aliphatic hydroxyl groups is 2. The number of rotatable bonds is 3. The molecule has 5 nitrogen and oxygen atoms in total. The van der Waals surface area contributed by atoms with Gasteiger partial charge in [0.05, 0.1) is 18.8 Å². The summed E-state index contributed by atoms with van der Waals surface area (Å²) in [7, 11) is 0. The Labute approximate surface area is 165 Å². The number of β-amino-alcohol motifs (C(OH)–C–C–N with tert-alkyl or cyclic N) is 1. The van der Waals surface area contributed by atoms with E-state index in [0.29, 0.717) is 13.0 Å².